The number of rotatable bonds is 7. The predicted octanol–water partition coefficient (Wildman–Crippen LogP) is 5.14. The number of para-hydroxylation sites is 2. The molecule has 2 aromatic carbocycles. The van der Waals surface area contributed by atoms with Gasteiger partial charge in [0.05, 0.1) is 36.4 Å². The number of fused-ring (bicyclic) bond motifs is 2. The van der Waals surface area contributed by atoms with Gasteiger partial charge < -0.3 is 15.5 Å². The number of methoxy groups -OCH3 is 1. The Morgan fingerprint density at radius 1 is 1.09 bits per heavy atom. The van der Waals surface area contributed by atoms with Gasteiger partial charge in [0.1, 0.15) is 11.6 Å². The maximum absolute atomic E-state index is 6.13. The molecule has 3 N–H and O–H groups in total. The molecule has 0 aliphatic heterocycles. The zero-order valence-corrected chi connectivity index (χ0v) is 18.4. The number of nitrogens with one attached hydrogen (secondary N) is 1. The molecule has 6 nitrogen and oxygen atoms in total. The second kappa shape index (κ2) is 10.1. The molecule has 0 bridgehead atoms. The summed E-state index contributed by atoms with van der Waals surface area (Å²) in [6, 6.07) is 18.8. The monoisotopic (exact) mass is 443 g/mol. The minimum absolute atomic E-state index is 0. The molecule has 5 rings (SSSR count). The van der Waals surface area contributed by atoms with Crippen molar-refractivity contribution in [1.29, 1.82) is 0 Å². The van der Waals surface area contributed by atoms with Crippen molar-refractivity contribution in [3.8, 4) is 5.75 Å². The fraction of sp³-hybridized carbons (Fsp3) is 0.333. The van der Waals surface area contributed by atoms with Crippen molar-refractivity contribution in [2.24, 2.45) is 5.73 Å². The van der Waals surface area contributed by atoms with Crippen molar-refractivity contribution in [2.75, 3.05) is 7.11 Å². The van der Waals surface area contributed by atoms with Crippen molar-refractivity contribution in [3.05, 3.63) is 89.0 Å². The van der Waals surface area contributed by atoms with Crippen molar-refractivity contribution in [1.82, 2.24) is 19.9 Å². The molecule has 6 heteroatoms. The van der Waals surface area contributed by atoms with Gasteiger partial charge in [-0.1, -0.05) is 37.8 Å². The molecule has 2 aromatic heterocycles. The summed E-state index contributed by atoms with van der Waals surface area (Å²) in [6.45, 7) is 1.90. The lowest BCUT2D eigenvalue weighted by Crippen LogP contribution is -2.32. The van der Waals surface area contributed by atoms with Gasteiger partial charge in [-0.2, -0.15) is 0 Å². The van der Waals surface area contributed by atoms with Crippen LogP contribution in [0.15, 0.2) is 60.8 Å². The van der Waals surface area contributed by atoms with E-state index in [0.29, 0.717) is 13.1 Å². The van der Waals surface area contributed by atoms with E-state index in [-0.39, 0.29) is 13.5 Å². The van der Waals surface area contributed by atoms with E-state index in [1.165, 1.54) is 16.8 Å². The number of nitrogens with two attached hydrogens (primary N) is 1. The number of aromatic nitrogens is 3. The third kappa shape index (κ3) is 4.63. The first-order valence-electron chi connectivity index (χ1n) is 11.2. The van der Waals surface area contributed by atoms with Crippen LogP contribution in [0.4, 0.5) is 0 Å². The van der Waals surface area contributed by atoms with Gasteiger partial charge in [-0.25, -0.2) is 4.98 Å². The molecular formula is C27H33N5O. The van der Waals surface area contributed by atoms with Crippen LogP contribution in [0.5, 0.6) is 5.75 Å². The quantitative estimate of drug-likeness (QED) is 0.413. The Hall–Kier alpha value is -3.22. The molecule has 0 fully saturated rings. The normalized spacial score (nSPS) is 15.3. The second-order valence-electron chi connectivity index (χ2n) is 8.36. The van der Waals surface area contributed by atoms with Crippen molar-refractivity contribution >= 4 is 11.0 Å². The standard InChI is InChI=1S/C26H29N5O.CH4/c1-32-24-13-5-8-19(20(24)15-27)16-31(17-25-29-21-10-2-3-11-22(21)30-25)23-12-4-7-18-9-6-14-28-26(18)23;/h2-3,5-6,8-11,13-14,23H,4,7,12,15-17,27H2,1H3,(H,29,30);1H4. The highest BCUT2D eigenvalue weighted by molar-refractivity contribution is 5.74. The van der Waals surface area contributed by atoms with E-state index < -0.39 is 0 Å². The summed E-state index contributed by atoms with van der Waals surface area (Å²) in [5, 5.41) is 0. The lowest BCUT2D eigenvalue weighted by molar-refractivity contribution is 0.153. The number of hydrogen-bond donors (Lipinski definition) is 2. The van der Waals surface area contributed by atoms with E-state index in [1.54, 1.807) is 7.11 Å². The van der Waals surface area contributed by atoms with Crippen LogP contribution >= 0.6 is 0 Å². The van der Waals surface area contributed by atoms with Crippen molar-refractivity contribution in [3.63, 3.8) is 0 Å². The molecule has 33 heavy (non-hydrogen) atoms. The molecule has 0 amide bonds. The number of pyridine rings is 1. The highest BCUT2D eigenvalue weighted by Gasteiger charge is 2.28. The van der Waals surface area contributed by atoms with Crippen LogP contribution in [0.2, 0.25) is 0 Å². The van der Waals surface area contributed by atoms with Gasteiger partial charge in [0.15, 0.2) is 0 Å². The number of imidazole rings is 1. The van der Waals surface area contributed by atoms with Gasteiger partial charge in [-0.05, 0) is 54.7 Å². The largest absolute Gasteiger partial charge is 0.496 e. The molecule has 1 atom stereocenters. The number of aryl methyl sites for hydroxylation is 1. The molecule has 0 saturated carbocycles. The summed E-state index contributed by atoms with van der Waals surface area (Å²) < 4.78 is 5.59. The zero-order chi connectivity index (χ0) is 21.9. The molecule has 0 spiro atoms. The summed E-state index contributed by atoms with van der Waals surface area (Å²) in [4.78, 5) is 15.6. The maximum atomic E-state index is 6.13. The molecule has 0 saturated heterocycles. The summed E-state index contributed by atoms with van der Waals surface area (Å²) >= 11 is 0. The fourth-order valence-corrected chi connectivity index (χ4v) is 4.89. The number of benzene rings is 2. The first-order chi connectivity index (χ1) is 15.8. The minimum Gasteiger partial charge on any atom is -0.496 e. The van der Waals surface area contributed by atoms with Gasteiger partial charge >= 0.3 is 0 Å². The maximum Gasteiger partial charge on any atom is 0.123 e. The van der Waals surface area contributed by atoms with E-state index in [2.05, 4.69) is 28.1 Å². The summed E-state index contributed by atoms with van der Waals surface area (Å²) in [5.41, 5.74) is 13.0. The number of aromatic amines is 1. The van der Waals surface area contributed by atoms with Crippen molar-refractivity contribution < 1.29 is 4.74 Å². The Morgan fingerprint density at radius 3 is 2.79 bits per heavy atom. The van der Waals surface area contributed by atoms with E-state index in [9.17, 15) is 0 Å². The van der Waals surface area contributed by atoms with Crippen LogP contribution in [0.3, 0.4) is 0 Å². The topological polar surface area (TPSA) is 80.1 Å². The lowest BCUT2D eigenvalue weighted by atomic mass is 9.90. The first-order valence-corrected chi connectivity index (χ1v) is 11.2. The molecule has 1 aliphatic carbocycles. The Morgan fingerprint density at radius 2 is 1.97 bits per heavy atom. The Labute approximate surface area is 195 Å². The fourth-order valence-electron chi connectivity index (χ4n) is 4.89. The van der Waals surface area contributed by atoms with Crippen LogP contribution in [-0.4, -0.2) is 27.0 Å². The molecule has 4 aromatic rings. The average Bonchev–Trinajstić information content (AvgIpc) is 3.25. The molecule has 0 radical (unpaired) electrons. The van der Waals surface area contributed by atoms with Gasteiger partial charge in [0, 0.05) is 24.8 Å². The Balaban J connectivity index is 0.00000259. The third-order valence-corrected chi connectivity index (χ3v) is 6.42. The van der Waals surface area contributed by atoms with Gasteiger partial charge in [0.25, 0.3) is 0 Å². The molecular weight excluding hydrogens is 410 g/mol. The van der Waals surface area contributed by atoms with E-state index in [0.717, 1.165) is 54.0 Å². The van der Waals surface area contributed by atoms with Crippen molar-refractivity contribution in [2.45, 2.75) is 52.4 Å². The van der Waals surface area contributed by atoms with Gasteiger partial charge in [-0.3, -0.25) is 9.88 Å². The third-order valence-electron chi connectivity index (χ3n) is 6.42. The zero-order valence-electron chi connectivity index (χ0n) is 18.4. The van der Waals surface area contributed by atoms with E-state index >= 15 is 0 Å². The summed E-state index contributed by atoms with van der Waals surface area (Å²) in [5.74, 6) is 1.81. The summed E-state index contributed by atoms with van der Waals surface area (Å²) in [7, 11) is 1.70. The minimum atomic E-state index is 0. The van der Waals surface area contributed by atoms with E-state index in [1.807, 2.05) is 42.6 Å². The highest BCUT2D eigenvalue weighted by atomic mass is 16.5. The second-order valence-corrected chi connectivity index (χ2v) is 8.36. The molecule has 172 valence electrons. The smallest absolute Gasteiger partial charge is 0.123 e. The van der Waals surface area contributed by atoms with Crippen LogP contribution < -0.4 is 10.5 Å². The first kappa shape index (κ1) is 23.0. The highest BCUT2D eigenvalue weighted by Crippen LogP contribution is 2.35. The van der Waals surface area contributed by atoms with Gasteiger partial charge in [-0.15, -0.1) is 0 Å². The Bertz CT molecular complexity index is 1190. The van der Waals surface area contributed by atoms with Crippen LogP contribution in [0.25, 0.3) is 11.0 Å². The summed E-state index contributed by atoms with van der Waals surface area (Å²) in [6.07, 6.45) is 5.23. The number of ether oxygens (including phenoxy) is 1. The molecule has 2 heterocycles. The van der Waals surface area contributed by atoms with Crippen LogP contribution in [-0.2, 0) is 26.1 Å². The molecule has 1 unspecified atom stereocenters. The van der Waals surface area contributed by atoms with Gasteiger partial charge in [0.2, 0.25) is 0 Å². The van der Waals surface area contributed by atoms with Crippen LogP contribution in [0, 0.1) is 0 Å². The predicted molar refractivity (Wildman–Crippen MR) is 133 cm³/mol. The number of nitrogens with zero attached hydrogens (tertiary/aromatic N) is 3. The number of hydrogen-bond acceptors (Lipinski definition) is 5. The average molecular weight is 444 g/mol. The lowest BCUT2D eigenvalue weighted by Gasteiger charge is -2.35. The molecule has 1 aliphatic rings. The Kier molecular flexibility index (Phi) is 7.06. The van der Waals surface area contributed by atoms with E-state index in [4.69, 9.17) is 20.4 Å². The van der Waals surface area contributed by atoms with Crippen LogP contribution in [0.1, 0.15) is 54.5 Å². The number of H-pyrrole nitrogens is 1. The SMILES string of the molecule is C.COc1cccc(CN(Cc2nc3ccccc3[nH]2)C2CCCc3cccnc32)c1CN.